The van der Waals surface area contributed by atoms with Gasteiger partial charge in [0.2, 0.25) is 11.8 Å². The van der Waals surface area contributed by atoms with Crippen molar-refractivity contribution < 1.29 is 9.59 Å². The fraction of sp³-hybridized carbons (Fsp3) is 0.421. The molecular formula is C19H24N4O2. The molecule has 1 aliphatic heterocycles. The van der Waals surface area contributed by atoms with Gasteiger partial charge in [-0.3, -0.25) is 14.7 Å². The summed E-state index contributed by atoms with van der Waals surface area (Å²) in [6.45, 7) is 5.13. The minimum absolute atomic E-state index is 0.00981. The number of nitrogens with zero attached hydrogens (tertiary/aromatic N) is 2. The van der Waals surface area contributed by atoms with Crippen LogP contribution in [0.5, 0.6) is 0 Å². The van der Waals surface area contributed by atoms with Gasteiger partial charge in [-0.2, -0.15) is 5.10 Å². The minimum Gasteiger partial charge on any atom is -0.342 e. The Kier molecular flexibility index (Phi) is 5.16. The molecule has 3 rings (SSSR count). The van der Waals surface area contributed by atoms with Gasteiger partial charge < -0.3 is 10.2 Å². The van der Waals surface area contributed by atoms with Gasteiger partial charge in [-0.25, -0.2) is 0 Å². The van der Waals surface area contributed by atoms with Crippen LogP contribution in [0.4, 0.5) is 5.69 Å². The van der Waals surface area contributed by atoms with Crippen LogP contribution in [0.3, 0.4) is 0 Å². The van der Waals surface area contributed by atoms with Crippen LogP contribution in [0.1, 0.15) is 26.7 Å². The number of carbonyl (C=O) groups is 2. The molecule has 2 N–H and O–H groups in total. The van der Waals surface area contributed by atoms with Crippen LogP contribution in [0.2, 0.25) is 0 Å². The molecule has 1 aromatic carbocycles. The Bertz CT molecular complexity index is 732. The van der Waals surface area contributed by atoms with E-state index in [0.29, 0.717) is 25.9 Å². The van der Waals surface area contributed by atoms with E-state index < -0.39 is 0 Å². The Labute approximate surface area is 147 Å². The van der Waals surface area contributed by atoms with Crippen molar-refractivity contribution in [3.63, 3.8) is 0 Å². The maximum atomic E-state index is 12.5. The summed E-state index contributed by atoms with van der Waals surface area (Å²) in [5.41, 5.74) is 2.67. The first-order valence-corrected chi connectivity index (χ1v) is 8.74. The zero-order valence-corrected chi connectivity index (χ0v) is 14.7. The van der Waals surface area contributed by atoms with Crippen LogP contribution in [-0.2, 0) is 9.59 Å². The van der Waals surface area contributed by atoms with Crippen molar-refractivity contribution in [1.82, 2.24) is 15.1 Å². The molecule has 1 saturated heterocycles. The molecule has 6 heteroatoms. The third-order valence-corrected chi connectivity index (χ3v) is 4.61. The summed E-state index contributed by atoms with van der Waals surface area (Å²) in [5.74, 6) is 0.159. The van der Waals surface area contributed by atoms with Crippen molar-refractivity contribution in [3.8, 4) is 11.3 Å². The first-order valence-electron chi connectivity index (χ1n) is 8.74. The number of hydrogen-bond donors (Lipinski definition) is 2. The van der Waals surface area contributed by atoms with Gasteiger partial charge in [0.1, 0.15) is 0 Å². The zero-order valence-electron chi connectivity index (χ0n) is 14.7. The fourth-order valence-corrected chi connectivity index (χ4v) is 3.15. The topological polar surface area (TPSA) is 78.1 Å². The second-order valence-electron chi connectivity index (χ2n) is 6.79. The van der Waals surface area contributed by atoms with Crippen LogP contribution in [0.15, 0.2) is 36.5 Å². The molecule has 2 amide bonds. The quantitative estimate of drug-likeness (QED) is 0.898. The molecule has 0 bridgehead atoms. The van der Waals surface area contributed by atoms with E-state index in [9.17, 15) is 9.59 Å². The Morgan fingerprint density at radius 1 is 1.24 bits per heavy atom. The van der Waals surface area contributed by atoms with E-state index >= 15 is 0 Å². The Hall–Kier alpha value is -2.63. The molecule has 132 valence electrons. The Balaban J connectivity index is 1.58. The van der Waals surface area contributed by atoms with Gasteiger partial charge in [0.25, 0.3) is 0 Å². The normalized spacial score (nSPS) is 15.4. The van der Waals surface area contributed by atoms with E-state index in [-0.39, 0.29) is 23.7 Å². The molecule has 25 heavy (non-hydrogen) atoms. The number of likely N-dealkylation sites (tertiary alicyclic amines) is 1. The molecule has 0 radical (unpaired) electrons. The molecule has 0 spiro atoms. The number of benzene rings is 1. The number of aromatic amines is 1. The lowest BCUT2D eigenvalue weighted by atomic mass is 9.95. The second kappa shape index (κ2) is 7.51. The van der Waals surface area contributed by atoms with Crippen molar-refractivity contribution in [1.29, 1.82) is 0 Å². The van der Waals surface area contributed by atoms with Crippen molar-refractivity contribution >= 4 is 17.5 Å². The first-order chi connectivity index (χ1) is 12.0. The molecule has 0 aliphatic carbocycles. The number of anilines is 1. The third kappa shape index (κ3) is 4.07. The van der Waals surface area contributed by atoms with Crippen molar-refractivity contribution in [2.75, 3.05) is 18.4 Å². The summed E-state index contributed by atoms with van der Waals surface area (Å²) >= 11 is 0. The van der Waals surface area contributed by atoms with E-state index in [4.69, 9.17) is 0 Å². The summed E-state index contributed by atoms with van der Waals surface area (Å²) < 4.78 is 0. The lowest BCUT2D eigenvalue weighted by molar-refractivity contribution is -0.137. The first kappa shape index (κ1) is 17.2. The molecule has 0 atom stereocenters. The number of hydrogen-bond acceptors (Lipinski definition) is 3. The zero-order chi connectivity index (χ0) is 17.8. The van der Waals surface area contributed by atoms with Crippen molar-refractivity contribution in [2.24, 2.45) is 11.8 Å². The SMILES string of the molecule is CC(C)C(=O)N1CCC(C(=O)Nc2cccc(-c3ccn[nH]3)c2)CC1. The maximum absolute atomic E-state index is 12.5. The largest absolute Gasteiger partial charge is 0.342 e. The number of rotatable bonds is 4. The smallest absolute Gasteiger partial charge is 0.227 e. The average Bonchev–Trinajstić information content (AvgIpc) is 3.16. The highest BCUT2D eigenvalue weighted by Crippen LogP contribution is 2.23. The standard InChI is InChI=1S/C19H24N4O2/c1-13(2)19(25)23-10-7-14(8-11-23)18(24)21-16-5-3-4-15(12-16)17-6-9-20-22-17/h3-6,9,12-14H,7-8,10-11H2,1-2H3,(H,20,22)(H,21,24). The predicted molar refractivity (Wildman–Crippen MR) is 96.8 cm³/mol. The van der Waals surface area contributed by atoms with E-state index in [1.165, 1.54) is 0 Å². The molecule has 6 nitrogen and oxygen atoms in total. The van der Waals surface area contributed by atoms with Crippen LogP contribution in [-0.4, -0.2) is 40.0 Å². The fourth-order valence-electron chi connectivity index (χ4n) is 3.15. The van der Waals surface area contributed by atoms with Crippen LogP contribution in [0, 0.1) is 11.8 Å². The maximum Gasteiger partial charge on any atom is 0.227 e. The van der Waals surface area contributed by atoms with E-state index in [1.807, 2.05) is 49.1 Å². The average molecular weight is 340 g/mol. The summed E-state index contributed by atoms with van der Waals surface area (Å²) in [4.78, 5) is 26.4. The molecule has 2 heterocycles. The Morgan fingerprint density at radius 2 is 2.00 bits per heavy atom. The number of piperidine rings is 1. The third-order valence-electron chi connectivity index (χ3n) is 4.61. The summed E-state index contributed by atoms with van der Waals surface area (Å²) in [7, 11) is 0. The molecule has 1 fully saturated rings. The lowest BCUT2D eigenvalue weighted by Gasteiger charge is -2.32. The molecule has 2 aromatic rings. The second-order valence-corrected chi connectivity index (χ2v) is 6.79. The van der Waals surface area contributed by atoms with Gasteiger partial charge in [-0.05, 0) is 31.0 Å². The number of H-pyrrole nitrogens is 1. The van der Waals surface area contributed by atoms with Gasteiger partial charge in [-0.15, -0.1) is 0 Å². The minimum atomic E-state index is -0.0491. The summed E-state index contributed by atoms with van der Waals surface area (Å²) in [6, 6.07) is 9.59. The highest BCUT2D eigenvalue weighted by atomic mass is 16.2. The number of aromatic nitrogens is 2. The highest BCUT2D eigenvalue weighted by Gasteiger charge is 2.28. The summed E-state index contributed by atoms with van der Waals surface area (Å²) in [5, 5.41) is 9.88. The molecule has 1 aromatic heterocycles. The van der Waals surface area contributed by atoms with Crippen LogP contribution in [0.25, 0.3) is 11.3 Å². The molecule has 0 saturated carbocycles. The number of amides is 2. The van der Waals surface area contributed by atoms with Crippen LogP contribution < -0.4 is 5.32 Å². The molecular weight excluding hydrogens is 316 g/mol. The molecule has 0 unspecified atom stereocenters. The van der Waals surface area contributed by atoms with E-state index in [1.54, 1.807) is 6.20 Å². The van der Waals surface area contributed by atoms with Crippen LogP contribution >= 0.6 is 0 Å². The monoisotopic (exact) mass is 340 g/mol. The molecule has 1 aliphatic rings. The van der Waals surface area contributed by atoms with Crippen molar-refractivity contribution in [3.05, 3.63) is 36.5 Å². The number of carbonyl (C=O) groups excluding carboxylic acids is 2. The van der Waals surface area contributed by atoms with Gasteiger partial charge in [0.15, 0.2) is 0 Å². The van der Waals surface area contributed by atoms with Gasteiger partial charge >= 0.3 is 0 Å². The van der Waals surface area contributed by atoms with Gasteiger partial charge in [-0.1, -0.05) is 26.0 Å². The predicted octanol–water partition coefficient (Wildman–Crippen LogP) is 2.91. The van der Waals surface area contributed by atoms with Gasteiger partial charge in [0.05, 0.1) is 5.69 Å². The van der Waals surface area contributed by atoms with E-state index in [0.717, 1.165) is 16.9 Å². The number of nitrogens with one attached hydrogen (secondary N) is 2. The van der Waals surface area contributed by atoms with E-state index in [2.05, 4.69) is 15.5 Å². The van der Waals surface area contributed by atoms with Gasteiger partial charge in [0, 0.05) is 42.4 Å². The van der Waals surface area contributed by atoms with Crippen molar-refractivity contribution in [2.45, 2.75) is 26.7 Å². The highest BCUT2D eigenvalue weighted by molar-refractivity contribution is 5.93. The lowest BCUT2D eigenvalue weighted by Crippen LogP contribution is -2.43. The Morgan fingerprint density at radius 3 is 2.64 bits per heavy atom. The summed E-state index contributed by atoms with van der Waals surface area (Å²) in [6.07, 6.45) is 3.13.